The predicted molar refractivity (Wildman–Crippen MR) is 97.9 cm³/mol. The van der Waals surface area contributed by atoms with Crippen molar-refractivity contribution in [1.29, 1.82) is 0 Å². The number of hydrogen-bond acceptors (Lipinski definition) is 4. The molecule has 0 radical (unpaired) electrons. The Kier molecular flexibility index (Phi) is 6.33. The normalized spacial score (nSPS) is 16.8. The van der Waals surface area contributed by atoms with Crippen LogP contribution in [-0.4, -0.2) is 43.7 Å². The molecule has 0 saturated carbocycles. The fourth-order valence-corrected chi connectivity index (χ4v) is 3.45. The summed E-state index contributed by atoms with van der Waals surface area (Å²) in [7, 11) is 0. The quantitative estimate of drug-likeness (QED) is 0.805. The molecule has 6 heteroatoms. The minimum absolute atomic E-state index is 0.00332. The number of carbonyl (C=O) groups is 1. The zero-order valence-corrected chi connectivity index (χ0v) is 14.7. The molecule has 132 valence electrons. The molecule has 0 aliphatic carbocycles. The second-order valence-electron chi connectivity index (χ2n) is 5.81. The van der Waals surface area contributed by atoms with Crippen LogP contribution in [0.3, 0.4) is 0 Å². The van der Waals surface area contributed by atoms with Gasteiger partial charge in [-0.05, 0) is 35.2 Å². The number of thiophene rings is 1. The first-order valence-corrected chi connectivity index (χ1v) is 9.17. The second kappa shape index (κ2) is 8.89. The van der Waals surface area contributed by atoms with Gasteiger partial charge in [-0.15, -0.1) is 11.3 Å². The van der Waals surface area contributed by atoms with E-state index in [1.165, 1.54) is 12.1 Å². The highest BCUT2D eigenvalue weighted by atomic mass is 32.1. The first kappa shape index (κ1) is 17.8. The highest BCUT2D eigenvalue weighted by Crippen LogP contribution is 2.21. The monoisotopic (exact) mass is 360 g/mol. The average Bonchev–Trinajstić information content (AvgIpc) is 3.16. The first-order chi connectivity index (χ1) is 12.2. The summed E-state index contributed by atoms with van der Waals surface area (Å²) in [5, 5.41) is 4.93. The number of ether oxygens (including phenoxy) is 1. The fourth-order valence-electron chi connectivity index (χ4n) is 2.83. The molecule has 1 unspecified atom stereocenters. The van der Waals surface area contributed by atoms with Crippen molar-refractivity contribution in [3.63, 3.8) is 0 Å². The maximum Gasteiger partial charge on any atom is 0.244 e. The van der Waals surface area contributed by atoms with Crippen molar-refractivity contribution < 1.29 is 13.9 Å². The van der Waals surface area contributed by atoms with Crippen molar-refractivity contribution in [3.05, 3.63) is 64.1 Å². The minimum Gasteiger partial charge on any atom is -0.379 e. The van der Waals surface area contributed by atoms with Crippen molar-refractivity contribution in [2.24, 2.45) is 0 Å². The third-order valence-electron chi connectivity index (χ3n) is 4.15. The van der Waals surface area contributed by atoms with E-state index in [9.17, 15) is 9.18 Å². The molecule has 1 aliphatic heterocycles. The standard InChI is InChI=1S/C19H21FN2O2S/c20-16-5-3-15(4-6-16)18(22-9-11-24-12-10-22)14-21-19(23)8-7-17-2-1-13-25-17/h1-8,13,18H,9-12,14H2,(H,21,23)/b8-7+. The van der Waals surface area contributed by atoms with Crippen molar-refractivity contribution >= 4 is 23.3 Å². The number of nitrogens with one attached hydrogen (secondary N) is 1. The number of carbonyl (C=O) groups excluding carboxylic acids is 1. The molecule has 1 aromatic heterocycles. The molecule has 0 spiro atoms. The van der Waals surface area contributed by atoms with E-state index in [1.807, 2.05) is 23.6 Å². The van der Waals surface area contributed by atoms with Crippen molar-refractivity contribution in [2.75, 3.05) is 32.8 Å². The van der Waals surface area contributed by atoms with Crippen LogP contribution in [0, 0.1) is 5.82 Å². The van der Waals surface area contributed by atoms with Crippen LogP contribution in [0.5, 0.6) is 0 Å². The van der Waals surface area contributed by atoms with E-state index >= 15 is 0 Å². The van der Waals surface area contributed by atoms with Gasteiger partial charge in [-0.3, -0.25) is 9.69 Å². The molecule has 0 bridgehead atoms. The summed E-state index contributed by atoms with van der Waals surface area (Å²) in [5.41, 5.74) is 0.992. The summed E-state index contributed by atoms with van der Waals surface area (Å²) < 4.78 is 18.6. The molecule has 1 fully saturated rings. The van der Waals surface area contributed by atoms with Gasteiger partial charge in [-0.2, -0.15) is 0 Å². The maximum atomic E-state index is 13.2. The lowest BCUT2D eigenvalue weighted by atomic mass is 10.0. The largest absolute Gasteiger partial charge is 0.379 e. The van der Waals surface area contributed by atoms with E-state index < -0.39 is 0 Å². The van der Waals surface area contributed by atoms with Crippen LogP contribution in [0.4, 0.5) is 4.39 Å². The summed E-state index contributed by atoms with van der Waals surface area (Å²) in [4.78, 5) is 15.4. The van der Waals surface area contributed by atoms with Crippen LogP contribution in [0.15, 0.2) is 47.9 Å². The number of rotatable bonds is 6. The Morgan fingerprint density at radius 2 is 2.04 bits per heavy atom. The Labute approximate surface area is 150 Å². The molecule has 1 aliphatic rings. The molecule has 2 aromatic rings. The molecular weight excluding hydrogens is 339 g/mol. The van der Waals surface area contributed by atoms with Crippen molar-refractivity contribution in [1.82, 2.24) is 10.2 Å². The summed E-state index contributed by atoms with van der Waals surface area (Å²) in [6.45, 7) is 3.40. The predicted octanol–water partition coefficient (Wildman–Crippen LogP) is 3.09. The molecule has 1 amide bonds. The van der Waals surface area contributed by atoms with Crippen LogP contribution in [0.25, 0.3) is 6.08 Å². The summed E-state index contributed by atoms with van der Waals surface area (Å²) >= 11 is 1.59. The third kappa shape index (κ3) is 5.22. The summed E-state index contributed by atoms with van der Waals surface area (Å²) in [6.07, 6.45) is 3.36. The number of nitrogens with zero attached hydrogens (tertiary/aromatic N) is 1. The number of morpholine rings is 1. The van der Waals surface area contributed by atoms with Gasteiger partial charge in [-0.25, -0.2) is 4.39 Å². The zero-order valence-electron chi connectivity index (χ0n) is 13.9. The molecule has 3 rings (SSSR count). The van der Waals surface area contributed by atoms with Gasteiger partial charge >= 0.3 is 0 Å². The van der Waals surface area contributed by atoms with Gasteiger partial charge in [0, 0.05) is 30.6 Å². The fraction of sp³-hybridized carbons (Fsp3) is 0.316. The van der Waals surface area contributed by atoms with E-state index in [0.29, 0.717) is 19.8 Å². The Bertz CT molecular complexity index is 695. The third-order valence-corrected chi connectivity index (χ3v) is 4.99. The van der Waals surface area contributed by atoms with E-state index in [1.54, 1.807) is 29.5 Å². The van der Waals surface area contributed by atoms with Gasteiger partial charge in [0.25, 0.3) is 0 Å². The van der Waals surface area contributed by atoms with Gasteiger partial charge in [0.05, 0.1) is 19.3 Å². The molecule has 1 atom stereocenters. The van der Waals surface area contributed by atoms with Crippen LogP contribution in [0.2, 0.25) is 0 Å². The molecule has 25 heavy (non-hydrogen) atoms. The van der Waals surface area contributed by atoms with Gasteiger partial charge in [0.15, 0.2) is 0 Å². The van der Waals surface area contributed by atoms with Crippen molar-refractivity contribution in [2.45, 2.75) is 6.04 Å². The molecule has 1 aromatic carbocycles. The van der Waals surface area contributed by atoms with Gasteiger partial charge < -0.3 is 10.1 Å². The van der Waals surface area contributed by atoms with Gasteiger partial charge in [0.2, 0.25) is 5.91 Å². The van der Waals surface area contributed by atoms with Gasteiger partial charge in [0.1, 0.15) is 5.82 Å². The van der Waals surface area contributed by atoms with Crippen LogP contribution < -0.4 is 5.32 Å². The topological polar surface area (TPSA) is 41.6 Å². The number of benzene rings is 1. The molecule has 1 N–H and O–H groups in total. The molecule has 2 heterocycles. The van der Waals surface area contributed by atoms with Crippen LogP contribution in [0.1, 0.15) is 16.5 Å². The zero-order chi connectivity index (χ0) is 17.5. The lowest BCUT2D eigenvalue weighted by Gasteiger charge is -2.34. The Morgan fingerprint density at radius 1 is 1.28 bits per heavy atom. The van der Waals surface area contributed by atoms with E-state index in [4.69, 9.17) is 4.74 Å². The molecular formula is C19H21FN2O2S. The highest BCUT2D eigenvalue weighted by molar-refractivity contribution is 7.10. The highest BCUT2D eigenvalue weighted by Gasteiger charge is 2.23. The number of amides is 1. The first-order valence-electron chi connectivity index (χ1n) is 8.29. The van der Waals surface area contributed by atoms with Crippen LogP contribution >= 0.6 is 11.3 Å². The van der Waals surface area contributed by atoms with E-state index in [-0.39, 0.29) is 17.8 Å². The number of hydrogen-bond donors (Lipinski definition) is 1. The molecule has 4 nitrogen and oxygen atoms in total. The summed E-state index contributed by atoms with van der Waals surface area (Å²) in [5.74, 6) is -0.388. The lowest BCUT2D eigenvalue weighted by molar-refractivity contribution is -0.116. The minimum atomic E-state index is -0.257. The Balaban J connectivity index is 1.64. The average molecular weight is 360 g/mol. The second-order valence-corrected chi connectivity index (χ2v) is 6.79. The Morgan fingerprint density at radius 3 is 2.72 bits per heavy atom. The van der Waals surface area contributed by atoms with Gasteiger partial charge in [-0.1, -0.05) is 18.2 Å². The Hall–Kier alpha value is -2.02. The number of halogens is 1. The van der Waals surface area contributed by atoms with Crippen molar-refractivity contribution in [3.8, 4) is 0 Å². The maximum absolute atomic E-state index is 13.2. The summed E-state index contributed by atoms with van der Waals surface area (Å²) in [6, 6.07) is 10.4. The SMILES string of the molecule is O=C(/C=C/c1cccs1)NCC(c1ccc(F)cc1)N1CCOCC1. The lowest BCUT2D eigenvalue weighted by Crippen LogP contribution is -2.43. The molecule has 1 saturated heterocycles. The van der Waals surface area contributed by atoms with E-state index in [2.05, 4.69) is 10.2 Å². The van der Waals surface area contributed by atoms with Crippen LogP contribution in [-0.2, 0) is 9.53 Å². The smallest absolute Gasteiger partial charge is 0.244 e. The van der Waals surface area contributed by atoms with E-state index in [0.717, 1.165) is 23.5 Å².